The predicted octanol–water partition coefficient (Wildman–Crippen LogP) is -0.0640. The zero-order chi connectivity index (χ0) is 8.53. The Balaban J connectivity index is 0. The molecule has 0 amide bonds. The Morgan fingerprint density at radius 3 is 2.08 bits per heavy atom. The largest absolute Gasteiger partial charge is 1.00 e. The van der Waals surface area contributed by atoms with Gasteiger partial charge < -0.3 is 12.0 Å². The maximum absolute atomic E-state index is 8.84. The second-order valence-corrected chi connectivity index (χ2v) is 3.21. The van der Waals surface area contributed by atoms with Crippen LogP contribution in [0.5, 0.6) is 0 Å². The summed E-state index contributed by atoms with van der Waals surface area (Å²) in [6.45, 7) is 5.75. The van der Waals surface area contributed by atoms with Crippen LogP contribution in [0.25, 0.3) is 0 Å². The number of aliphatic hydroxyl groups excluding tert-OH is 1. The van der Waals surface area contributed by atoms with Gasteiger partial charge in [0.1, 0.15) is 0 Å². The molecule has 1 atom stereocenters. The van der Waals surface area contributed by atoms with E-state index in [0.717, 1.165) is 12.8 Å². The fourth-order valence-electron chi connectivity index (χ4n) is 1.16. The van der Waals surface area contributed by atoms with Crippen molar-refractivity contribution in [3.05, 3.63) is 6.92 Å². The zero-order valence-corrected chi connectivity index (χ0v) is 10.7. The van der Waals surface area contributed by atoms with E-state index in [1.54, 1.807) is 0 Å². The molecule has 12 heavy (non-hydrogen) atoms. The van der Waals surface area contributed by atoms with E-state index < -0.39 is 0 Å². The smallest absolute Gasteiger partial charge is 0.425 e. The third kappa shape index (κ3) is 13.5. The molecule has 0 rings (SSSR count). The topological polar surface area (TPSA) is 20.2 Å². The Morgan fingerprint density at radius 2 is 1.58 bits per heavy atom. The fraction of sp³-hybridized carbons (Fsp3) is 0.900. The van der Waals surface area contributed by atoms with Crippen LogP contribution in [0.2, 0.25) is 0 Å². The molecule has 2 heteroatoms. The summed E-state index contributed by atoms with van der Waals surface area (Å²) in [6, 6.07) is 0. The van der Waals surface area contributed by atoms with Gasteiger partial charge in [0.2, 0.25) is 0 Å². The number of aliphatic hydroxyl groups is 1. The van der Waals surface area contributed by atoms with Crippen molar-refractivity contribution in [1.29, 1.82) is 0 Å². The molecule has 0 aromatic heterocycles. The quantitative estimate of drug-likeness (QED) is 0.330. The van der Waals surface area contributed by atoms with Gasteiger partial charge in [-0.15, -0.1) is 0 Å². The molecule has 0 aliphatic carbocycles. The monoisotopic (exact) mass is 180 g/mol. The summed E-state index contributed by atoms with van der Waals surface area (Å²) in [5.41, 5.74) is 0. The Kier molecular flexibility index (Phi) is 15.4. The molecule has 0 fully saturated rings. The van der Waals surface area contributed by atoms with Gasteiger partial charge in [-0.2, -0.15) is 0 Å². The average Bonchev–Trinajstić information content (AvgIpc) is 1.96. The first kappa shape index (κ1) is 15.4. The molecule has 0 aromatic carbocycles. The van der Waals surface area contributed by atoms with Crippen LogP contribution in [-0.2, 0) is 0 Å². The third-order valence-electron chi connectivity index (χ3n) is 1.89. The van der Waals surface area contributed by atoms with Crippen LogP contribution in [-0.4, -0.2) is 11.2 Å². The van der Waals surface area contributed by atoms with Gasteiger partial charge in [-0.3, -0.25) is 0 Å². The molecule has 0 aliphatic rings. The summed E-state index contributed by atoms with van der Waals surface area (Å²) >= 11 is 0. The fourth-order valence-corrected chi connectivity index (χ4v) is 1.16. The van der Waals surface area contributed by atoms with Gasteiger partial charge in [0.05, 0.1) is 0 Å². The minimum atomic E-state index is -0.346. The van der Waals surface area contributed by atoms with Crippen LogP contribution in [0.1, 0.15) is 51.9 Å². The summed E-state index contributed by atoms with van der Waals surface area (Å²) in [7, 11) is 0. The van der Waals surface area contributed by atoms with Gasteiger partial charge in [0.25, 0.3) is 0 Å². The van der Waals surface area contributed by atoms with Crippen LogP contribution in [0.3, 0.4) is 0 Å². The van der Waals surface area contributed by atoms with E-state index in [4.69, 9.17) is 5.11 Å². The molecule has 1 nitrogen and oxygen atoms in total. The maximum Gasteiger partial charge on any atom is 1.00 e. The van der Waals surface area contributed by atoms with Crippen molar-refractivity contribution in [1.82, 2.24) is 0 Å². The Labute approximate surface area is 99.2 Å². The summed E-state index contributed by atoms with van der Waals surface area (Å²) < 4.78 is 0. The molecule has 0 heterocycles. The molecule has 0 radical (unpaired) electrons. The summed E-state index contributed by atoms with van der Waals surface area (Å²) in [6.07, 6.45) is 8.24. The van der Waals surface area contributed by atoms with E-state index in [2.05, 4.69) is 13.8 Å². The minimum Gasteiger partial charge on any atom is -0.425 e. The van der Waals surface area contributed by atoms with Crippen molar-refractivity contribution < 1.29 is 34.7 Å². The van der Waals surface area contributed by atoms with E-state index in [9.17, 15) is 0 Å². The molecule has 68 valence electrons. The van der Waals surface area contributed by atoms with E-state index in [1.165, 1.54) is 32.1 Å². The van der Waals surface area contributed by atoms with Crippen molar-refractivity contribution in [2.75, 3.05) is 0 Å². The Bertz CT molecular complexity index is 74.2. The standard InChI is InChI=1S/C10H21O.Na/c1-3-4-5-6-7-8-9-10(2)11;/h10-11H,2-9H2,1H3;/q-1;+1. The van der Waals surface area contributed by atoms with Crippen molar-refractivity contribution >= 4 is 0 Å². The van der Waals surface area contributed by atoms with Crippen molar-refractivity contribution in [2.45, 2.75) is 58.0 Å². The third-order valence-corrected chi connectivity index (χ3v) is 1.89. The van der Waals surface area contributed by atoms with Gasteiger partial charge in [-0.25, -0.2) is 0 Å². The van der Waals surface area contributed by atoms with E-state index in [1.807, 2.05) is 0 Å². The van der Waals surface area contributed by atoms with Crippen molar-refractivity contribution in [3.63, 3.8) is 0 Å². The Hall–Kier alpha value is 0.960. The summed E-state index contributed by atoms with van der Waals surface area (Å²) in [5, 5.41) is 8.84. The minimum absolute atomic E-state index is 0. The van der Waals surface area contributed by atoms with Gasteiger partial charge in [0.15, 0.2) is 0 Å². The molecule has 0 bridgehead atoms. The zero-order valence-electron chi connectivity index (χ0n) is 8.68. The maximum atomic E-state index is 8.84. The molecule has 0 aromatic rings. The van der Waals surface area contributed by atoms with E-state index >= 15 is 0 Å². The Morgan fingerprint density at radius 1 is 1.08 bits per heavy atom. The normalized spacial score (nSPS) is 12.2. The first-order chi connectivity index (χ1) is 5.27. The van der Waals surface area contributed by atoms with Gasteiger partial charge in [0, 0.05) is 0 Å². The van der Waals surface area contributed by atoms with E-state index in [-0.39, 0.29) is 35.7 Å². The molecule has 1 N–H and O–H groups in total. The van der Waals surface area contributed by atoms with Crippen molar-refractivity contribution in [3.8, 4) is 0 Å². The van der Waals surface area contributed by atoms with Gasteiger partial charge in [-0.05, 0) is 0 Å². The van der Waals surface area contributed by atoms with Gasteiger partial charge >= 0.3 is 29.6 Å². The molecule has 0 spiro atoms. The average molecular weight is 180 g/mol. The first-order valence-corrected chi connectivity index (χ1v) is 4.78. The number of hydrogen-bond acceptors (Lipinski definition) is 1. The van der Waals surface area contributed by atoms with Crippen LogP contribution in [0, 0.1) is 6.92 Å². The molecule has 0 saturated heterocycles. The number of unbranched alkanes of at least 4 members (excludes halogenated alkanes) is 5. The van der Waals surface area contributed by atoms with Crippen LogP contribution in [0.15, 0.2) is 0 Å². The molecule has 1 unspecified atom stereocenters. The summed E-state index contributed by atoms with van der Waals surface area (Å²) in [4.78, 5) is 0. The molecule has 0 saturated carbocycles. The second-order valence-electron chi connectivity index (χ2n) is 3.21. The van der Waals surface area contributed by atoms with Crippen molar-refractivity contribution in [2.24, 2.45) is 0 Å². The SMILES string of the molecule is [CH2-]C(O)CCCCCCCC.[Na+]. The molecule has 0 aliphatic heterocycles. The van der Waals surface area contributed by atoms with E-state index in [0.29, 0.717) is 0 Å². The molecular weight excluding hydrogens is 159 g/mol. The molecular formula is C10H21NaO. The van der Waals surface area contributed by atoms with Crippen LogP contribution < -0.4 is 29.6 Å². The predicted molar refractivity (Wildman–Crippen MR) is 49.4 cm³/mol. The van der Waals surface area contributed by atoms with Crippen LogP contribution >= 0.6 is 0 Å². The second kappa shape index (κ2) is 12.0. The number of rotatable bonds is 7. The summed E-state index contributed by atoms with van der Waals surface area (Å²) in [5.74, 6) is 0. The first-order valence-electron chi connectivity index (χ1n) is 4.78. The van der Waals surface area contributed by atoms with Gasteiger partial charge in [-0.1, -0.05) is 58.0 Å². The van der Waals surface area contributed by atoms with Crippen LogP contribution in [0.4, 0.5) is 0 Å². The number of hydrogen-bond donors (Lipinski definition) is 1.